The Labute approximate surface area is 200 Å². The lowest BCUT2D eigenvalue weighted by molar-refractivity contribution is -0.0440. The van der Waals surface area contributed by atoms with Crippen LogP contribution in [0.2, 0.25) is 36.3 Å². The number of ether oxygens (including phenoxy) is 1. The summed E-state index contributed by atoms with van der Waals surface area (Å²) in [7, 11) is -4.17. The van der Waals surface area contributed by atoms with Gasteiger partial charge < -0.3 is 13.6 Å². The molecule has 1 fully saturated rings. The Morgan fingerprint density at radius 1 is 1.09 bits per heavy atom. The molecule has 4 atom stereocenters. The van der Waals surface area contributed by atoms with Gasteiger partial charge >= 0.3 is 5.69 Å². The van der Waals surface area contributed by atoms with Crippen LogP contribution in [0.15, 0.2) is 34.5 Å². The van der Waals surface area contributed by atoms with Gasteiger partial charge in [0.15, 0.2) is 16.6 Å². The number of aromatic nitrogens is 2. The van der Waals surface area contributed by atoms with E-state index in [1.165, 1.54) is 16.8 Å². The molecule has 0 radical (unpaired) electrons. The van der Waals surface area contributed by atoms with Crippen molar-refractivity contribution < 1.29 is 13.6 Å². The molecule has 7 nitrogen and oxygen atoms in total. The van der Waals surface area contributed by atoms with E-state index in [4.69, 9.17) is 13.6 Å². The second kappa shape index (κ2) is 9.77. The zero-order valence-corrected chi connectivity index (χ0v) is 24.2. The highest BCUT2D eigenvalue weighted by atomic mass is 28.4. The topological polar surface area (TPSA) is 82.6 Å². The minimum atomic E-state index is -2.15. The fourth-order valence-electron chi connectivity index (χ4n) is 3.46. The number of aromatic amines is 1. The van der Waals surface area contributed by atoms with Crippen molar-refractivity contribution in [2.75, 3.05) is 6.61 Å². The summed E-state index contributed by atoms with van der Waals surface area (Å²) >= 11 is 0. The van der Waals surface area contributed by atoms with Crippen molar-refractivity contribution >= 4 is 16.6 Å². The molecule has 0 amide bonds. The summed E-state index contributed by atoms with van der Waals surface area (Å²) in [6, 6.07) is 1.35. The Hall–Kier alpha value is -1.27. The van der Waals surface area contributed by atoms with Crippen molar-refractivity contribution in [3.05, 3.63) is 45.8 Å². The van der Waals surface area contributed by atoms with Gasteiger partial charge in [-0.3, -0.25) is 14.3 Å². The molecule has 33 heavy (non-hydrogen) atoms. The molecule has 0 aliphatic carbocycles. The molecule has 1 aromatic heterocycles. The lowest BCUT2D eigenvalue weighted by Crippen LogP contribution is -2.50. The predicted octanol–water partition coefficient (Wildman–Crippen LogP) is 5.04. The first-order chi connectivity index (χ1) is 14.9. The Morgan fingerprint density at radius 2 is 1.67 bits per heavy atom. The highest BCUT2D eigenvalue weighted by molar-refractivity contribution is 6.74. The predicted molar refractivity (Wildman–Crippen MR) is 139 cm³/mol. The number of nitrogens with one attached hydrogen (secondary N) is 1. The lowest BCUT2D eigenvalue weighted by Gasteiger charge is -2.41. The first kappa shape index (κ1) is 28.0. The summed E-state index contributed by atoms with van der Waals surface area (Å²) in [6.45, 7) is 26.5. The summed E-state index contributed by atoms with van der Waals surface area (Å²) in [5, 5.41) is 0.0840. The number of rotatable bonds is 8. The summed E-state index contributed by atoms with van der Waals surface area (Å²) < 4.78 is 21.4. The van der Waals surface area contributed by atoms with Crippen molar-refractivity contribution in [3.63, 3.8) is 0 Å². The average molecular weight is 497 g/mol. The van der Waals surface area contributed by atoms with Gasteiger partial charge in [-0.25, -0.2) is 4.79 Å². The first-order valence-corrected chi connectivity index (χ1v) is 17.6. The smallest absolute Gasteiger partial charge is 0.330 e. The van der Waals surface area contributed by atoms with Crippen molar-refractivity contribution in [2.24, 2.45) is 5.92 Å². The van der Waals surface area contributed by atoms with Crippen molar-refractivity contribution in [1.29, 1.82) is 0 Å². The molecule has 0 unspecified atom stereocenters. The van der Waals surface area contributed by atoms with E-state index < -0.39 is 34.1 Å². The van der Waals surface area contributed by atoms with E-state index in [0.29, 0.717) is 13.0 Å². The van der Waals surface area contributed by atoms with Crippen LogP contribution in [-0.4, -0.2) is 45.0 Å². The van der Waals surface area contributed by atoms with Crippen molar-refractivity contribution in [1.82, 2.24) is 9.55 Å². The molecule has 1 saturated heterocycles. The van der Waals surface area contributed by atoms with Gasteiger partial charge in [0, 0.05) is 18.2 Å². The van der Waals surface area contributed by atoms with Gasteiger partial charge in [-0.05, 0) is 42.7 Å². The second-order valence-corrected chi connectivity index (χ2v) is 21.8. The van der Waals surface area contributed by atoms with E-state index in [-0.39, 0.29) is 28.2 Å². The molecule has 0 saturated carbocycles. The first-order valence-electron chi connectivity index (χ1n) is 11.8. The van der Waals surface area contributed by atoms with Gasteiger partial charge in [0.1, 0.15) is 12.3 Å². The zero-order chi connectivity index (χ0) is 25.4. The van der Waals surface area contributed by atoms with Crippen LogP contribution in [0, 0.1) is 5.92 Å². The van der Waals surface area contributed by atoms with Gasteiger partial charge in [-0.2, -0.15) is 0 Å². The normalized spacial score (nSPS) is 24.8. The highest BCUT2D eigenvalue weighted by Gasteiger charge is 2.51. The van der Waals surface area contributed by atoms with Crippen LogP contribution in [0.5, 0.6) is 0 Å². The maximum absolute atomic E-state index is 12.6. The third kappa shape index (κ3) is 6.25. The summed E-state index contributed by atoms with van der Waals surface area (Å²) in [5.41, 5.74) is -0.917. The minimum absolute atomic E-state index is 0.0173. The molecular formula is C24H44N2O5Si2. The average Bonchev–Trinajstić information content (AvgIpc) is 2.95. The van der Waals surface area contributed by atoms with Crippen LogP contribution < -0.4 is 11.2 Å². The number of hydrogen-bond acceptors (Lipinski definition) is 5. The fourth-order valence-corrected chi connectivity index (χ4v) is 5.83. The third-order valence-electron chi connectivity index (χ3n) is 7.68. The molecule has 2 heterocycles. The fraction of sp³-hybridized carbons (Fsp3) is 0.750. The van der Waals surface area contributed by atoms with Gasteiger partial charge in [0.2, 0.25) is 0 Å². The Morgan fingerprint density at radius 3 is 2.15 bits per heavy atom. The number of H-pyrrole nitrogens is 1. The molecule has 9 heteroatoms. The number of hydrogen-bond donors (Lipinski definition) is 1. The van der Waals surface area contributed by atoms with E-state index in [1.807, 2.05) is 6.08 Å². The Kier molecular flexibility index (Phi) is 8.28. The van der Waals surface area contributed by atoms with Crippen LogP contribution >= 0.6 is 0 Å². The van der Waals surface area contributed by atoms with Crippen LogP contribution in [0.3, 0.4) is 0 Å². The number of allylic oxidation sites excluding steroid dienone is 1. The SMILES string of the molecule is C=CC[C@H]1[C@@H](O[Si](C)(C)C(C)(C)C)[C@H](CO[Si](C)(C)C(C)(C)C)O[C@@H]1n1ccc(=O)[nH]c1=O. The summed E-state index contributed by atoms with van der Waals surface area (Å²) in [4.78, 5) is 26.6. The molecule has 0 spiro atoms. The van der Waals surface area contributed by atoms with Crippen LogP contribution in [0.4, 0.5) is 0 Å². The lowest BCUT2D eigenvalue weighted by atomic mass is 9.96. The van der Waals surface area contributed by atoms with Crippen molar-refractivity contribution in [3.8, 4) is 0 Å². The Balaban J connectivity index is 2.48. The van der Waals surface area contributed by atoms with Crippen molar-refractivity contribution in [2.45, 2.75) is 103 Å². The van der Waals surface area contributed by atoms with Crippen LogP contribution in [-0.2, 0) is 13.6 Å². The summed E-state index contributed by atoms with van der Waals surface area (Å²) in [6.07, 6.45) is 2.81. The minimum Gasteiger partial charge on any atom is -0.414 e. The molecular weight excluding hydrogens is 452 g/mol. The quantitative estimate of drug-likeness (QED) is 0.403. The van der Waals surface area contributed by atoms with E-state index in [0.717, 1.165) is 0 Å². The monoisotopic (exact) mass is 496 g/mol. The largest absolute Gasteiger partial charge is 0.414 e. The number of nitrogens with zero attached hydrogens (tertiary/aromatic N) is 1. The van der Waals surface area contributed by atoms with E-state index in [9.17, 15) is 9.59 Å². The van der Waals surface area contributed by atoms with Crippen LogP contribution in [0.1, 0.15) is 54.2 Å². The van der Waals surface area contributed by atoms with E-state index >= 15 is 0 Å². The molecule has 1 aliphatic heterocycles. The molecule has 1 aliphatic rings. The van der Waals surface area contributed by atoms with E-state index in [2.05, 4.69) is 79.3 Å². The molecule has 188 valence electrons. The molecule has 2 rings (SSSR count). The standard InChI is InChI=1S/C24H44N2O5Si2/c1-12-13-17-20(31-33(10,11)24(5,6)7)18(16-29-32(8,9)23(2,3)4)30-21(17)26-15-14-19(27)25-22(26)28/h12,14-15,17-18,20-21H,1,13,16H2,2-11H3,(H,25,27,28)/t17-,18-,20+,21-/m0/s1. The van der Waals surface area contributed by atoms with Gasteiger partial charge in [0.25, 0.3) is 5.56 Å². The third-order valence-corrected chi connectivity index (χ3v) is 16.7. The van der Waals surface area contributed by atoms with Gasteiger partial charge in [-0.15, -0.1) is 6.58 Å². The molecule has 1 N–H and O–H groups in total. The summed E-state index contributed by atoms with van der Waals surface area (Å²) in [5.74, 6) is -0.131. The van der Waals surface area contributed by atoms with Gasteiger partial charge in [-0.1, -0.05) is 47.6 Å². The molecule has 1 aromatic rings. The van der Waals surface area contributed by atoms with Gasteiger partial charge in [0.05, 0.1) is 12.7 Å². The zero-order valence-electron chi connectivity index (χ0n) is 22.2. The molecule has 0 aromatic carbocycles. The molecule has 0 bridgehead atoms. The van der Waals surface area contributed by atoms with E-state index in [1.54, 1.807) is 0 Å². The Bertz CT molecular complexity index is 940. The highest BCUT2D eigenvalue weighted by Crippen LogP contribution is 2.45. The maximum Gasteiger partial charge on any atom is 0.330 e. The maximum atomic E-state index is 12.6. The van der Waals surface area contributed by atoms with Crippen LogP contribution in [0.25, 0.3) is 0 Å². The second-order valence-electron chi connectivity index (χ2n) is 12.2.